The fraction of sp³-hybridized carbons (Fsp3) is 0.0714. The third-order valence-electron chi connectivity index (χ3n) is 2.63. The maximum absolute atomic E-state index is 4.45. The van der Waals surface area contributed by atoms with Crippen molar-refractivity contribution in [2.24, 2.45) is 0 Å². The van der Waals surface area contributed by atoms with E-state index in [4.69, 9.17) is 0 Å². The molecular formula is C14H12N3. The maximum Gasteiger partial charge on any atom is 0.223 e. The third-order valence-corrected chi connectivity index (χ3v) is 2.63. The lowest BCUT2D eigenvalue weighted by Gasteiger charge is -1.98. The van der Waals surface area contributed by atoms with E-state index < -0.39 is 0 Å². The Bertz CT molecular complexity index is 580. The van der Waals surface area contributed by atoms with Crippen molar-refractivity contribution >= 4 is 17.0 Å². The van der Waals surface area contributed by atoms with Gasteiger partial charge >= 0.3 is 0 Å². The van der Waals surface area contributed by atoms with Gasteiger partial charge in [0.15, 0.2) is 0 Å². The summed E-state index contributed by atoms with van der Waals surface area (Å²) in [6.45, 7) is 0.653. The number of nitrogens with zero attached hydrogens (tertiary/aromatic N) is 2. The largest absolute Gasteiger partial charge is 0.323 e. The zero-order valence-electron chi connectivity index (χ0n) is 9.30. The molecule has 0 amide bonds. The number of fused-ring (bicyclic) bond motifs is 1. The number of aromatic nitrogens is 2. The quantitative estimate of drug-likeness (QED) is 0.727. The van der Waals surface area contributed by atoms with Gasteiger partial charge in [-0.2, -0.15) is 0 Å². The lowest BCUT2D eigenvalue weighted by Crippen LogP contribution is -1.98. The van der Waals surface area contributed by atoms with Gasteiger partial charge in [-0.1, -0.05) is 42.5 Å². The number of hydrogen-bond donors (Lipinski definition) is 1. The Morgan fingerprint density at radius 2 is 1.71 bits per heavy atom. The zero-order chi connectivity index (χ0) is 11.5. The van der Waals surface area contributed by atoms with E-state index in [0.29, 0.717) is 12.5 Å². The highest BCUT2D eigenvalue weighted by molar-refractivity contribution is 5.76. The summed E-state index contributed by atoms with van der Waals surface area (Å²) in [5.74, 6) is 0.690. The standard InChI is InChI=1S/C14H12N3/c1-2-6-11(7-3-1)10-15-14-16-12-8-4-5-9-13(12)17-14/h1-9H,10H2,(H,16,17). The van der Waals surface area contributed by atoms with Crippen LogP contribution in [0.3, 0.4) is 0 Å². The van der Waals surface area contributed by atoms with Crippen molar-refractivity contribution in [1.82, 2.24) is 15.3 Å². The first-order valence-corrected chi connectivity index (χ1v) is 5.58. The molecule has 0 atom stereocenters. The molecule has 83 valence electrons. The van der Waals surface area contributed by atoms with E-state index in [9.17, 15) is 0 Å². The topological polar surface area (TPSA) is 42.8 Å². The molecule has 1 N–H and O–H groups in total. The molecule has 0 saturated heterocycles. The van der Waals surface area contributed by atoms with E-state index in [2.05, 4.69) is 27.4 Å². The van der Waals surface area contributed by atoms with Crippen molar-refractivity contribution < 1.29 is 0 Å². The lowest BCUT2D eigenvalue weighted by molar-refractivity contribution is 0.824. The SMILES string of the molecule is c1ccc(C[N]c2nc3ccccc3[nH]2)cc1. The highest BCUT2D eigenvalue weighted by Crippen LogP contribution is 2.14. The van der Waals surface area contributed by atoms with Gasteiger partial charge in [0.05, 0.1) is 17.6 Å². The van der Waals surface area contributed by atoms with Gasteiger partial charge in [-0.15, -0.1) is 0 Å². The van der Waals surface area contributed by atoms with Gasteiger partial charge in [-0.25, -0.2) is 10.3 Å². The van der Waals surface area contributed by atoms with Crippen LogP contribution in [0, 0.1) is 0 Å². The zero-order valence-corrected chi connectivity index (χ0v) is 9.30. The summed E-state index contributed by atoms with van der Waals surface area (Å²) in [6, 6.07) is 18.1. The van der Waals surface area contributed by atoms with Gasteiger partial charge in [0.1, 0.15) is 0 Å². The lowest BCUT2D eigenvalue weighted by atomic mass is 10.2. The van der Waals surface area contributed by atoms with Crippen molar-refractivity contribution in [3.8, 4) is 0 Å². The number of hydrogen-bond acceptors (Lipinski definition) is 1. The van der Waals surface area contributed by atoms with Crippen molar-refractivity contribution in [3.63, 3.8) is 0 Å². The predicted octanol–water partition coefficient (Wildman–Crippen LogP) is 3.00. The second kappa shape index (κ2) is 4.29. The summed E-state index contributed by atoms with van der Waals surface area (Å²) in [5.41, 5.74) is 3.17. The molecule has 1 aromatic heterocycles. The Hall–Kier alpha value is -2.29. The molecule has 2 aromatic carbocycles. The van der Waals surface area contributed by atoms with Crippen molar-refractivity contribution in [2.75, 3.05) is 0 Å². The average molecular weight is 222 g/mol. The molecule has 0 spiro atoms. The number of imidazole rings is 1. The van der Waals surface area contributed by atoms with Gasteiger partial charge in [-0.3, -0.25) is 0 Å². The fourth-order valence-electron chi connectivity index (χ4n) is 1.76. The van der Waals surface area contributed by atoms with E-state index in [1.807, 2.05) is 42.5 Å². The van der Waals surface area contributed by atoms with Crippen LogP contribution in [0.4, 0.5) is 5.95 Å². The summed E-state index contributed by atoms with van der Waals surface area (Å²) in [4.78, 5) is 7.59. The molecule has 0 aliphatic carbocycles. The van der Waals surface area contributed by atoms with E-state index in [0.717, 1.165) is 11.0 Å². The van der Waals surface area contributed by atoms with Crippen molar-refractivity contribution in [3.05, 3.63) is 60.2 Å². The maximum atomic E-state index is 4.45. The number of H-pyrrole nitrogens is 1. The van der Waals surface area contributed by atoms with Crippen LogP contribution in [-0.2, 0) is 6.54 Å². The molecule has 0 aliphatic heterocycles. The first kappa shape index (κ1) is 9.90. The Morgan fingerprint density at radius 1 is 0.941 bits per heavy atom. The molecule has 3 aromatic rings. The second-order valence-corrected chi connectivity index (χ2v) is 3.88. The van der Waals surface area contributed by atoms with Gasteiger partial charge in [0.2, 0.25) is 5.95 Å². The molecular weight excluding hydrogens is 210 g/mol. The molecule has 3 nitrogen and oxygen atoms in total. The molecule has 0 bridgehead atoms. The van der Waals surface area contributed by atoms with Crippen LogP contribution in [0.1, 0.15) is 5.56 Å². The summed E-state index contributed by atoms with van der Waals surface area (Å²) in [6.07, 6.45) is 0. The minimum atomic E-state index is 0.653. The summed E-state index contributed by atoms with van der Waals surface area (Å²) >= 11 is 0. The summed E-state index contributed by atoms with van der Waals surface area (Å²) < 4.78 is 0. The molecule has 1 heterocycles. The Morgan fingerprint density at radius 3 is 2.53 bits per heavy atom. The second-order valence-electron chi connectivity index (χ2n) is 3.88. The van der Waals surface area contributed by atoms with E-state index >= 15 is 0 Å². The summed E-state index contributed by atoms with van der Waals surface area (Å²) in [7, 11) is 0. The molecule has 3 heteroatoms. The van der Waals surface area contributed by atoms with Gasteiger partial charge in [-0.05, 0) is 17.7 Å². The molecule has 0 saturated carbocycles. The van der Waals surface area contributed by atoms with Crippen LogP contribution < -0.4 is 5.32 Å². The predicted molar refractivity (Wildman–Crippen MR) is 68.0 cm³/mol. The van der Waals surface area contributed by atoms with Crippen LogP contribution in [0.15, 0.2) is 54.6 Å². The first-order valence-electron chi connectivity index (χ1n) is 5.58. The molecule has 0 aliphatic rings. The summed E-state index contributed by atoms with van der Waals surface area (Å²) in [5, 5.41) is 4.45. The fourth-order valence-corrected chi connectivity index (χ4v) is 1.76. The number of nitrogens with one attached hydrogen (secondary N) is 1. The van der Waals surface area contributed by atoms with Crippen LogP contribution in [0.2, 0.25) is 0 Å². The highest BCUT2D eigenvalue weighted by atomic mass is 15.1. The molecule has 1 radical (unpaired) electrons. The molecule has 17 heavy (non-hydrogen) atoms. The van der Waals surface area contributed by atoms with Crippen LogP contribution in [0.25, 0.3) is 11.0 Å². The smallest absolute Gasteiger partial charge is 0.223 e. The monoisotopic (exact) mass is 222 g/mol. The molecule has 0 fully saturated rings. The van der Waals surface area contributed by atoms with Crippen LogP contribution >= 0.6 is 0 Å². The first-order chi connectivity index (χ1) is 8.42. The minimum Gasteiger partial charge on any atom is -0.323 e. The van der Waals surface area contributed by atoms with Gasteiger partial charge < -0.3 is 4.98 Å². The Kier molecular flexibility index (Phi) is 2.50. The van der Waals surface area contributed by atoms with Crippen LogP contribution in [0.5, 0.6) is 0 Å². The van der Waals surface area contributed by atoms with Crippen molar-refractivity contribution in [1.29, 1.82) is 0 Å². The van der Waals surface area contributed by atoms with Crippen LogP contribution in [-0.4, -0.2) is 9.97 Å². The Labute approximate surface area is 99.5 Å². The normalized spacial score (nSPS) is 10.6. The molecule has 0 unspecified atom stereocenters. The number of para-hydroxylation sites is 2. The number of rotatable bonds is 3. The van der Waals surface area contributed by atoms with E-state index in [1.165, 1.54) is 5.56 Å². The van der Waals surface area contributed by atoms with Crippen molar-refractivity contribution in [2.45, 2.75) is 6.54 Å². The number of aromatic amines is 1. The third kappa shape index (κ3) is 2.13. The van der Waals surface area contributed by atoms with Gasteiger partial charge in [0, 0.05) is 0 Å². The molecule has 3 rings (SSSR count). The van der Waals surface area contributed by atoms with Gasteiger partial charge in [0.25, 0.3) is 0 Å². The average Bonchev–Trinajstić information content (AvgIpc) is 2.80. The minimum absolute atomic E-state index is 0.653. The Balaban J connectivity index is 1.77. The highest BCUT2D eigenvalue weighted by Gasteiger charge is 2.02. The number of benzene rings is 2. The van der Waals surface area contributed by atoms with E-state index in [1.54, 1.807) is 0 Å². The van der Waals surface area contributed by atoms with E-state index in [-0.39, 0.29) is 0 Å².